The normalized spacial score (nSPS) is 33.9. The Morgan fingerprint density at radius 3 is 2.37 bits per heavy atom. The average Bonchev–Trinajstić information content (AvgIpc) is 3.11. The van der Waals surface area contributed by atoms with Crippen molar-refractivity contribution in [1.29, 1.82) is 0 Å². The van der Waals surface area contributed by atoms with Gasteiger partial charge in [-0.2, -0.15) is 0 Å². The highest BCUT2D eigenvalue weighted by atomic mass is 16.5. The van der Waals surface area contributed by atoms with E-state index in [-0.39, 0.29) is 12.1 Å². The Morgan fingerprint density at radius 2 is 1.89 bits per heavy atom. The largest absolute Gasteiger partial charge is 0.394 e. The standard InChI is InChI=1S/C15H30N2O2/c1-11(17-8-12(2)19-13(3)9-17)7-15(4,10-18)16-14-5-6-14/h11-14,16,18H,5-10H2,1-4H3. The second-order valence-electron chi connectivity index (χ2n) is 6.90. The zero-order chi connectivity index (χ0) is 14.0. The third kappa shape index (κ3) is 4.42. The molecule has 1 saturated heterocycles. The molecular weight excluding hydrogens is 240 g/mol. The first kappa shape index (κ1) is 15.2. The molecular formula is C15H30N2O2. The molecule has 0 aromatic heterocycles. The van der Waals surface area contributed by atoms with Crippen LogP contribution >= 0.6 is 0 Å². The van der Waals surface area contributed by atoms with Crippen LogP contribution in [0.15, 0.2) is 0 Å². The lowest BCUT2D eigenvalue weighted by Crippen LogP contribution is -2.55. The van der Waals surface area contributed by atoms with E-state index in [9.17, 15) is 5.11 Å². The highest BCUT2D eigenvalue weighted by molar-refractivity contribution is 4.95. The molecule has 0 aromatic rings. The highest BCUT2D eigenvalue weighted by Crippen LogP contribution is 2.26. The first-order chi connectivity index (χ1) is 8.92. The summed E-state index contributed by atoms with van der Waals surface area (Å²) < 4.78 is 5.79. The van der Waals surface area contributed by atoms with Crippen molar-refractivity contribution in [3.05, 3.63) is 0 Å². The van der Waals surface area contributed by atoms with Gasteiger partial charge < -0.3 is 15.2 Å². The highest BCUT2D eigenvalue weighted by Gasteiger charge is 2.35. The summed E-state index contributed by atoms with van der Waals surface area (Å²) >= 11 is 0. The first-order valence-corrected chi connectivity index (χ1v) is 7.70. The van der Waals surface area contributed by atoms with Crippen LogP contribution in [-0.2, 0) is 4.74 Å². The summed E-state index contributed by atoms with van der Waals surface area (Å²) in [6.07, 6.45) is 4.12. The van der Waals surface area contributed by atoms with Crippen LogP contribution in [0.3, 0.4) is 0 Å². The van der Waals surface area contributed by atoms with Crippen LogP contribution in [0, 0.1) is 0 Å². The fourth-order valence-electron chi connectivity index (χ4n) is 3.25. The zero-order valence-corrected chi connectivity index (χ0v) is 12.9. The molecule has 1 aliphatic heterocycles. The van der Waals surface area contributed by atoms with E-state index in [0.717, 1.165) is 19.5 Å². The number of rotatable bonds is 6. The molecule has 2 aliphatic rings. The van der Waals surface area contributed by atoms with E-state index in [1.807, 2.05) is 0 Å². The maximum absolute atomic E-state index is 9.71. The van der Waals surface area contributed by atoms with Gasteiger partial charge in [-0.3, -0.25) is 4.90 Å². The van der Waals surface area contributed by atoms with E-state index in [1.165, 1.54) is 12.8 Å². The molecule has 19 heavy (non-hydrogen) atoms. The number of hydrogen-bond donors (Lipinski definition) is 2. The summed E-state index contributed by atoms with van der Waals surface area (Å²) in [6.45, 7) is 10.9. The third-order valence-corrected chi connectivity index (χ3v) is 4.30. The van der Waals surface area contributed by atoms with E-state index >= 15 is 0 Å². The van der Waals surface area contributed by atoms with Gasteiger partial charge in [-0.25, -0.2) is 0 Å². The van der Waals surface area contributed by atoms with Gasteiger partial charge in [0, 0.05) is 30.7 Å². The van der Waals surface area contributed by atoms with Crippen molar-refractivity contribution in [2.24, 2.45) is 0 Å². The zero-order valence-electron chi connectivity index (χ0n) is 12.9. The maximum atomic E-state index is 9.71. The van der Waals surface area contributed by atoms with Crippen molar-refractivity contribution in [1.82, 2.24) is 10.2 Å². The van der Waals surface area contributed by atoms with Crippen molar-refractivity contribution in [2.45, 2.75) is 76.8 Å². The monoisotopic (exact) mass is 270 g/mol. The second-order valence-corrected chi connectivity index (χ2v) is 6.90. The molecule has 4 heteroatoms. The van der Waals surface area contributed by atoms with E-state index in [4.69, 9.17) is 4.74 Å². The molecule has 4 atom stereocenters. The smallest absolute Gasteiger partial charge is 0.0678 e. The lowest BCUT2D eigenvalue weighted by molar-refractivity contribution is -0.0821. The summed E-state index contributed by atoms with van der Waals surface area (Å²) in [5.41, 5.74) is -0.147. The van der Waals surface area contributed by atoms with Gasteiger partial charge in [-0.05, 0) is 47.0 Å². The number of ether oxygens (including phenoxy) is 1. The summed E-state index contributed by atoms with van der Waals surface area (Å²) in [7, 11) is 0. The summed E-state index contributed by atoms with van der Waals surface area (Å²) in [5, 5.41) is 13.3. The Kier molecular flexibility index (Phi) is 4.88. The predicted molar refractivity (Wildman–Crippen MR) is 77.3 cm³/mol. The Balaban J connectivity index is 1.88. The number of hydrogen-bond acceptors (Lipinski definition) is 4. The van der Waals surface area contributed by atoms with Gasteiger partial charge in [-0.15, -0.1) is 0 Å². The molecule has 112 valence electrons. The Morgan fingerprint density at radius 1 is 1.32 bits per heavy atom. The van der Waals surface area contributed by atoms with Gasteiger partial charge in [0.05, 0.1) is 18.8 Å². The molecule has 4 nitrogen and oxygen atoms in total. The fourth-order valence-corrected chi connectivity index (χ4v) is 3.25. The molecule has 0 bridgehead atoms. The average molecular weight is 270 g/mol. The number of morpholine rings is 1. The summed E-state index contributed by atoms with van der Waals surface area (Å²) in [6, 6.07) is 1.10. The molecule has 0 amide bonds. The number of nitrogens with zero attached hydrogens (tertiary/aromatic N) is 1. The first-order valence-electron chi connectivity index (χ1n) is 7.70. The fraction of sp³-hybridized carbons (Fsp3) is 1.00. The van der Waals surface area contributed by atoms with Crippen molar-refractivity contribution >= 4 is 0 Å². The lowest BCUT2D eigenvalue weighted by atomic mass is 9.93. The van der Waals surface area contributed by atoms with Gasteiger partial charge in [0.2, 0.25) is 0 Å². The minimum atomic E-state index is -0.147. The van der Waals surface area contributed by atoms with Crippen molar-refractivity contribution in [3.63, 3.8) is 0 Å². The van der Waals surface area contributed by atoms with Gasteiger partial charge >= 0.3 is 0 Å². The Hall–Kier alpha value is -0.160. The minimum Gasteiger partial charge on any atom is -0.394 e. The Labute approximate surface area is 117 Å². The molecule has 1 heterocycles. The van der Waals surface area contributed by atoms with Crippen LogP contribution in [-0.4, -0.2) is 59.5 Å². The van der Waals surface area contributed by atoms with Crippen LogP contribution in [0.4, 0.5) is 0 Å². The molecule has 0 radical (unpaired) electrons. The topological polar surface area (TPSA) is 44.7 Å². The van der Waals surface area contributed by atoms with E-state index in [0.29, 0.717) is 24.3 Å². The third-order valence-electron chi connectivity index (χ3n) is 4.30. The summed E-state index contributed by atoms with van der Waals surface area (Å²) in [4.78, 5) is 2.50. The number of aliphatic hydroxyl groups excluding tert-OH is 1. The summed E-state index contributed by atoms with van der Waals surface area (Å²) in [5.74, 6) is 0. The molecule has 2 N–H and O–H groups in total. The van der Waals surface area contributed by atoms with Gasteiger partial charge in [-0.1, -0.05) is 0 Å². The van der Waals surface area contributed by atoms with E-state index in [2.05, 4.69) is 37.9 Å². The maximum Gasteiger partial charge on any atom is 0.0678 e. The van der Waals surface area contributed by atoms with Crippen LogP contribution in [0.25, 0.3) is 0 Å². The SMILES string of the molecule is CC1CN(C(C)CC(C)(CO)NC2CC2)CC(C)O1. The minimum absolute atomic E-state index is 0.147. The molecule has 2 rings (SSSR count). The molecule has 4 unspecified atom stereocenters. The van der Waals surface area contributed by atoms with Crippen molar-refractivity contribution in [2.75, 3.05) is 19.7 Å². The number of aliphatic hydroxyl groups is 1. The molecule has 2 fully saturated rings. The quantitative estimate of drug-likeness (QED) is 0.765. The van der Waals surface area contributed by atoms with Crippen LogP contribution < -0.4 is 5.32 Å². The molecule has 0 spiro atoms. The van der Waals surface area contributed by atoms with Crippen molar-refractivity contribution in [3.8, 4) is 0 Å². The van der Waals surface area contributed by atoms with Crippen LogP contribution in [0.1, 0.15) is 47.0 Å². The molecule has 0 aromatic carbocycles. The van der Waals surface area contributed by atoms with Crippen LogP contribution in [0.2, 0.25) is 0 Å². The molecule has 1 saturated carbocycles. The second kappa shape index (κ2) is 6.08. The number of nitrogens with one attached hydrogen (secondary N) is 1. The van der Waals surface area contributed by atoms with Crippen LogP contribution in [0.5, 0.6) is 0 Å². The lowest BCUT2D eigenvalue weighted by Gasteiger charge is -2.42. The van der Waals surface area contributed by atoms with Gasteiger partial charge in [0.25, 0.3) is 0 Å². The van der Waals surface area contributed by atoms with Crippen molar-refractivity contribution < 1.29 is 9.84 Å². The van der Waals surface area contributed by atoms with Gasteiger partial charge in [0.15, 0.2) is 0 Å². The molecule has 1 aliphatic carbocycles. The van der Waals surface area contributed by atoms with E-state index < -0.39 is 0 Å². The Bertz CT molecular complexity index is 286. The van der Waals surface area contributed by atoms with E-state index in [1.54, 1.807) is 0 Å². The predicted octanol–water partition coefficient (Wildman–Crippen LogP) is 1.38. The van der Waals surface area contributed by atoms with Gasteiger partial charge in [0.1, 0.15) is 0 Å².